The van der Waals surface area contributed by atoms with Crippen molar-refractivity contribution in [2.75, 3.05) is 61.3 Å². The van der Waals surface area contributed by atoms with E-state index < -0.39 is 25.1 Å². The van der Waals surface area contributed by atoms with Crippen molar-refractivity contribution in [3.8, 4) is 21.1 Å². The summed E-state index contributed by atoms with van der Waals surface area (Å²) in [5.41, 5.74) is 6.07. The van der Waals surface area contributed by atoms with E-state index in [1.54, 1.807) is 0 Å². The summed E-state index contributed by atoms with van der Waals surface area (Å²) in [5.74, 6) is 1.17. The van der Waals surface area contributed by atoms with Crippen molar-refractivity contribution in [1.29, 1.82) is 0 Å². The fourth-order valence-electron chi connectivity index (χ4n) is 7.83. The van der Waals surface area contributed by atoms with Crippen LogP contribution < -0.4 is 15.5 Å². The molecule has 63 heavy (non-hydrogen) atoms. The molecule has 0 radical (unpaired) electrons. The summed E-state index contributed by atoms with van der Waals surface area (Å²) in [5, 5.41) is 5.93. The molecule has 336 valence electrons. The van der Waals surface area contributed by atoms with Gasteiger partial charge in [-0.2, -0.15) is 4.31 Å². The normalized spacial score (nSPS) is 17.4. The molecule has 2 N–H and O–H groups in total. The number of fused-ring (bicyclic) bond motifs is 2. The highest BCUT2D eigenvalue weighted by molar-refractivity contribution is 7.91. The van der Waals surface area contributed by atoms with Crippen molar-refractivity contribution in [2.24, 2.45) is 11.8 Å². The van der Waals surface area contributed by atoms with Gasteiger partial charge >= 0.3 is 0 Å². The van der Waals surface area contributed by atoms with E-state index in [1.807, 2.05) is 40.7 Å². The molecule has 0 atom stereocenters. The van der Waals surface area contributed by atoms with Crippen LogP contribution in [0.5, 0.6) is 0 Å². The van der Waals surface area contributed by atoms with E-state index in [1.165, 1.54) is 54.1 Å². The monoisotopic (exact) mass is 938 g/mol. The van der Waals surface area contributed by atoms with Gasteiger partial charge in [-0.25, -0.2) is 36.8 Å². The third kappa shape index (κ3) is 9.79. The first-order chi connectivity index (χ1) is 29.6. The molecule has 5 aliphatic rings. The molecule has 0 bridgehead atoms. The minimum atomic E-state index is -3.44. The topological polar surface area (TPSA) is 225 Å². The van der Waals surface area contributed by atoms with Crippen molar-refractivity contribution in [3.63, 3.8) is 0 Å². The Morgan fingerprint density at radius 2 is 1.21 bits per heavy atom. The molecule has 3 fully saturated rings. The summed E-state index contributed by atoms with van der Waals surface area (Å²) in [6.45, 7) is 9.71. The van der Waals surface area contributed by atoms with Crippen LogP contribution in [-0.2, 0) is 49.1 Å². The molecule has 9 rings (SSSR count). The Balaban J connectivity index is 0.000000173. The summed E-state index contributed by atoms with van der Waals surface area (Å²) in [6.07, 6.45) is 6.97. The Labute approximate surface area is 374 Å². The Kier molecular flexibility index (Phi) is 12.0. The average molecular weight is 939 g/mol. The lowest BCUT2D eigenvalue weighted by molar-refractivity contribution is -0.115. The van der Waals surface area contributed by atoms with Crippen molar-refractivity contribution >= 4 is 82.2 Å². The van der Waals surface area contributed by atoms with Gasteiger partial charge in [0, 0.05) is 66.4 Å². The van der Waals surface area contributed by atoms with Crippen molar-refractivity contribution < 1.29 is 36.0 Å². The maximum atomic E-state index is 13.2. The molecule has 0 aromatic carbocycles. The molecule has 4 amide bonds. The summed E-state index contributed by atoms with van der Waals surface area (Å²) in [6, 6.07) is 3.83. The van der Waals surface area contributed by atoms with Gasteiger partial charge in [-0.1, -0.05) is 22.7 Å². The molecule has 7 heterocycles. The first-order valence-corrected chi connectivity index (χ1v) is 26.1. The van der Waals surface area contributed by atoms with E-state index in [9.17, 15) is 36.0 Å². The third-order valence-electron chi connectivity index (χ3n) is 11.6. The maximum absolute atomic E-state index is 13.2. The Morgan fingerprint density at radius 1 is 0.746 bits per heavy atom. The number of aromatic nitrogens is 4. The van der Waals surface area contributed by atoms with E-state index in [4.69, 9.17) is 9.97 Å². The van der Waals surface area contributed by atoms with Gasteiger partial charge in [0.2, 0.25) is 21.8 Å². The number of thiazole rings is 2. The lowest BCUT2D eigenvalue weighted by atomic mass is 10.1. The standard InChI is InChI=1S/C21H25N5O4S2.C20H25N5O4S2/c1-11-18(31-21(22-11)23-12(2)27)16-6-14-8-26(7-13-4-5-13)20(28)17(14)19(24-16)25-9-15(10-25)32(3,29)30;1-11-18(30-20(21-11)22-12(2)26)15-7-14-9-25(8-13-5-6-13)19(27)17(14)16(23-15)10-24(3)31(4,28)29/h6,13,15H,4-5,7-10H2,1-3H3,(H,22,23,27);7,13H,5-6,8-10H2,1-4H3,(H,21,22,26). The molecule has 22 heteroatoms. The summed E-state index contributed by atoms with van der Waals surface area (Å²) >= 11 is 2.65. The van der Waals surface area contributed by atoms with Gasteiger partial charge in [-0.3, -0.25) is 19.2 Å². The lowest BCUT2D eigenvalue weighted by Gasteiger charge is -2.39. The van der Waals surface area contributed by atoms with Gasteiger partial charge in [-0.15, -0.1) is 0 Å². The predicted octanol–water partition coefficient (Wildman–Crippen LogP) is 4.30. The van der Waals surface area contributed by atoms with Crippen molar-refractivity contribution in [1.82, 2.24) is 34.0 Å². The number of sulfonamides is 1. The lowest BCUT2D eigenvalue weighted by Crippen LogP contribution is -2.55. The number of carbonyl (C=O) groups excluding carboxylic acids is 4. The number of nitrogens with zero attached hydrogens (tertiary/aromatic N) is 8. The minimum Gasteiger partial charge on any atom is -0.353 e. The van der Waals surface area contributed by atoms with Crippen LogP contribution in [0.1, 0.15) is 88.5 Å². The number of anilines is 3. The van der Waals surface area contributed by atoms with Gasteiger partial charge in [0.1, 0.15) is 5.82 Å². The van der Waals surface area contributed by atoms with Crippen molar-refractivity contribution in [3.05, 3.63) is 51.5 Å². The largest absolute Gasteiger partial charge is 0.353 e. The van der Waals surface area contributed by atoms with E-state index in [-0.39, 0.29) is 30.2 Å². The van der Waals surface area contributed by atoms with E-state index in [0.29, 0.717) is 88.0 Å². The molecular weight excluding hydrogens is 889 g/mol. The van der Waals surface area contributed by atoms with Gasteiger partial charge in [-0.05, 0) is 74.6 Å². The minimum absolute atomic E-state index is 0.00835. The van der Waals surface area contributed by atoms with Gasteiger partial charge in [0.15, 0.2) is 20.1 Å². The molecule has 4 aromatic heterocycles. The van der Waals surface area contributed by atoms with Gasteiger partial charge in [0.25, 0.3) is 11.8 Å². The summed E-state index contributed by atoms with van der Waals surface area (Å²) in [4.78, 5) is 74.7. The van der Waals surface area contributed by atoms with Gasteiger partial charge < -0.3 is 25.3 Å². The first-order valence-electron chi connectivity index (χ1n) is 20.6. The SMILES string of the molecule is CC(=O)Nc1nc(C)c(-c2cc3c(c(CN(C)S(C)(=O)=O)n2)C(=O)N(CC2CC2)C3)s1.CC(=O)Nc1nc(C)c(-c2cc3c(c(N4CC(S(C)(=O)=O)C4)n2)C(=O)N(CC2CC2)C3)s1. The smallest absolute Gasteiger partial charge is 0.258 e. The molecule has 2 aliphatic carbocycles. The predicted molar refractivity (Wildman–Crippen MR) is 241 cm³/mol. The number of pyridine rings is 2. The van der Waals surface area contributed by atoms with Crippen LogP contribution in [0.2, 0.25) is 0 Å². The summed E-state index contributed by atoms with van der Waals surface area (Å²) in [7, 11) is -5.11. The highest BCUT2D eigenvalue weighted by Gasteiger charge is 2.42. The second-order valence-electron chi connectivity index (χ2n) is 17.2. The molecule has 2 saturated carbocycles. The highest BCUT2D eigenvalue weighted by atomic mass is 32.2. The number of amides is 4. The zero-order chi connectivity index (χ0) is 45.3. The Bertz CT molecular complexity index is 2770. The molecule has 18 nitrogen and oxygen atoms in total. The maximum Gasteiger partial charge on any atom is 0.258 e. The zero-order valence-corrected chi connectivity index (χ0v) is 39.4. The molecule has 0 spiro atoms. The average Bonchev–Trinajstić information content (AvgIpc) is 4.03. The quantitative estimate of drug-likeness (QED) is 0.191. The Hall–Kier alpha value is -4.90. The fraction of sp³-hybridized carbons (Fsp3) is 0.512. The number of hydrogen-bond donors (Lipinski definition) is 2. The van der Waals surface area contributed by atoms with Crippen LogP contribution in [0.3, 0.4) is 0 Å². The highest BCUT2D eigenvalue weighted by Crippen LogP contribution is 2.42. The van der Waals surface area contributed by atoms with E-state index in [2.05, 4.69) is 20.6 Å². The Morgan fingerprint density at radius 3 is 1.65 bits per heavy atom. The van der Waals surface area contributed by atoms with Crippen LogP contribution >= 0.6 is 22.7 Å². The molecule has 4 aromatic rings. The van der Waals surface area contributed by atoms with Gasteiger partial charge in [0.05, 0.1) is 67.4 Å². The fourth-order valence-corrected chi connectivity index (χ4v) is 11.0. The van der Waals surface area contributed by atoms with Crippen LogP contribution in [0, 0.1) is 25.7 Å². The van der Waals surface area contributed by atoms with Crippen LogP contribution in [0.25, 0.3) is 21.1 Å². The van der Waals surface area contributed by atoms with Crippen LogP contribution in [0.4, 0.5) is 16.1 Å². The number of carbonyl (C=O) groups is 4. The molecule has 0 unspecified atom stereocenters. The first kappa shape index (κ1) is 44.7. The number of aryl methyl sites for hydroxylation is 2. The number of sulfone groups is 1. The van der Waals surface area contributed by atoms with Crippen LogP contribution in [0.15, 0.2) is 12.1 Å². The number of hydrogen-bond acceptors (Lipinski definition) is 15. The molecular formula is C41H50N10O8S4. The zero-order valence-electron chi connectivity index (χ0n) is 36.1. The van der Waals surface area contributed by atoms with Crippen LogP contribution in [-0.4, -0.2) is 125 Å². The second kappa shape index (κ2) is 16.9. The van der Waals surface area contributed by atoms with E-state index in [0.717, 1.165) is 71.6 Å². The molecule has 3 aliphatic heterocycles. The molecule has 1 saturated heterocycles. The van der Waals surface area contributed by atoms with Crippen molar-refractivity contribution in [2.45, 2.75) is 78.3 Å². The summed E-state index contributed by atoms with van der Waals surface area (Å²) < 4.78 is 49.1. The van der Waals surface area contributed by atoms with E-state index >= 15 is 0 Å². The third-order valence-corrected chi connectivity index (χ3v) is 16.6. The number of rotatable bonds is 13. The number of nitrogens with one attached hydrogen (secondary N) is 2. The second-order valence-corrected chi connectivity index (χ2v) is 23.6.